The molecule has 2 aromatic carbocycles. The van der Waals surface area contributed by atoms with Crippen LogP contribution in [0.1, 0.15) is 5.56 Å². The number of hydrogen-bond acceptors (Lipinski definition) is 6. The zero-order chi connectivity index (χ0) is 17.4. The molecule has 9 heteroatoms. The van der Waals surface area contributed by atoms with E-state index in [2.05, 4.69) is 0 Å². The van der Waals surface area contributed by atoms with Crippen LogP contribution in [0, 0.1) is 0 Å². The minimum absolute atomic E-state index is 0.177. The van der Waals surface area contributed by atoms with Crippen molar-refractivity contribution >= 4 is 30.8 Å². The first kappa shape index (κ1) is 17.2. The molecule has 1 aliphatic rings. The molecule has 3 rings (SSSR count). The van der Waals surface area contributed by atoms with Gasteiger partial charge in [0, 0.05) is 0 Å². The van der Waals surface area contributed by atoms with Gasteiger partial charge in [0.05, 0.1) is 18.6 Å². The van der Waals surface area contributed by atoms with E-state index in [-0.39, 0.29) is 6.10 Å². The number of epoxide rings is 1. The van der Waals surface area contributed by atoms with Crippen LogP contribution in [0.5, 0.6) is 5.75 Å². The highest BCUT2D eigenvalue weighted by Crippen LogP contribution is 2.23. The minimum atomic E-state index is -3.96. The van der Waals surface area contributed by atoms with Crippen molar-refractivity contribution in [2.45, 2.75) is 11.9 Å². The predicted molar refractivity (Wildman–Crippen MR) is 89.8 cm³/mol. The third-order valence-electron chi connectivity index (χ3n) is 3.35. The van der Waals surface area contributed by atoms with Crippen LogP contribution >= 0.6 is 0 Å². The number of fused-ring (bicyclic) bond motifs is 1. The normalized spacial score (nSPS) is 17.8. The molecule has 1 aliphatic heterocycles. The molecule has 0 aromatic heterocycles. The maximum Gasteiger partial charge on any atom is 0.228 e. The third kappa shape index (κ3) is 4.91. The molecule has 130 valence electrons. The van der Waals surface area contributed by atoms with Crippen LogP contribution in [-0.4, -0.2) is 42.4 Å². The highest BCUT2D eigenvalue weighted by molar-refractivity contribution is 8.04. The van der Waals surface area contributed by atoms with Crippen LogP contribution < -0.4 is 8.86 Å². The van der Waals surface area contributed by atoms with Crippen molar-refractivity contribution in [3.8, 4) is 5.75 Å². The first-order valence-electron chi connectivity index (χ1n) is 7.19. The summed E-state index contributed by atoms with van der Waals surface area (Å²) in [5, 5.41) is 1.75. The second kappa shape index (κ2) is 6.32. The summed E-state index contributed by atoms with van der Waals surface area (Å²) in [5.74, 6) is 0.310. The average Bonchev–Trinajstić information content (AvgIpc) is 3.26. The summed E-state index contributed by atoms with van der Waals surface area (Å²) in [6, 6.07) is 10.6. The molecule has 0 amide bonds. The Hall–Kier alpha value is -1.68. The van der Waals surface area contributed by atoms with Crippen molar-refractivity contribution < 1.29 is 26.3 Å². The van der Waals surface area contributed by atoms with E-state index in [1.54, 1.807) is 28.4 Å². The number of rotatable bonds is 7. The van der Waals surface area contributed by atoms with Gasteiger partial charge in [-0.3, -0.25) is 0 Å². The van der Waals surface area contributed by atoms with E-state index in [1.165, 1.54) is 0 Å². The molecule has 1 N–H and O–H groups in total. The van der Waals surface area contributed by atoms with E-state index in [0.29, 0.717) is 12.2 Å². The molecular formula is C15H17NO6S2. The molecule has 1 heterocycles. The van der Waals surface area contributed by atoms with E-state index in [4.69, 9.17) is 9.47 Å². The van der Waals surface area contributed by atoms with Crippen LogP contribution in [0.25, 0.3) is 10.8 Å². The highest BCUT2D eigenvalue weighted by atomic mass is 32.3. The van der Waals surface area contributed by atoms with Crippen LogP contribution in [0.15, 0.2) is 36.4 Å². The maximum atomic E-state index is 11.8. The number of benzene rings is 2. The molecule has 0 bridgehead atoms. The molecule has 1 atom stereocenters. The molecule has 0 aliphatic carbocycles. The Kier molecular flexibility index (Phi) is 4.52. The highest BCUT2D eigenvalue weighted by Gasteiger charge is 2.23. The summed E-state index contributed by atoms with van der Waals surface area (Å²) in [7, 11) is -7.78. The SMILES string of the molecule is CS(=O)(=O)NS(=O)(=O)Cc1ccc2cc(OCC3CO3)ccc2c1. The Morgan fingerprint density at radius 3 is 2.46 bits per heavy atom. The second-order valence-corrected chi connectivity index (χ2v) is 9.45. The third-order valence-corrected chi connectivity index (χ3v) is 6.29. The molecule has 1 saturated heterocycles. The van der Waals surface area contributed by atoms with Crippen molar-refractivity contribution in [1.82, 2.24) is 4.13 Å². The Bertz CT molecular complexity index is 965. The Balaban J connectivity index is 1.77. The van der Waals surface area contributed by atoms with Gasteiger partial charge in [0.15, 0.2) is 0 Å². The van der Waals surface area contributed by atoms with E-state index < -0.39 is 25.8 Å². The van der Waals surface area contributed by atoms with E-state index in [1.807, 2.05) is 12.1 Å². The van der Waals surface area contributed by atoms with Gasteiger partial charge in [-0.05, 0) is 28.5 Å². The van der Waals surface area contributed by atoms with Crippen LogP contribution in [0.2, 0.25) is 0 Å². The van der Waals surface area contributed by atoms with Gasteiger partial charge in [0.25, 0.3) is 0 Å². The molecule has 0 spiro atoms. The molecule has 7 nitrogen and oxygen atoms in total. The van der Waals surface area contributed by atoms with Crippen LogP contribution in [-0.2, 0) is 30.5 Å². The lowest BCUT2D eigenvalue weighted by Gasteiger charge is -2.08. The van der Waals surface area contributed by atoms with E-state index in [0.717, 1.165) is 29.4 Å². The molecule has 1 fully saturated rings. The summed E-state index contributed by atoms with van der Waals surface area (Å²) in [5.41, 5.74) is 0.499. The number of nitrogens with one attached hydrogen (secondary N) is 1. The summed E-state index contributed by atoms with van der Waals surface area (Å²) < 4.78 is 58.2. The number of ether oxygens (including phenoxy) is 2. The largest absolute Gasteiger partial charge is 0.491 e. The fraction of sp³-hybridized carbons (Fsp3) is 0.333. The Labute approximate surface area is 140 Å². The molecular weight excluding hydrogens is 354 g/mol. The Morgan fingerprint density at radius 1 is 1.12 bits per heavy atom. The van der Waals surface area contributed by atoms with Gasteiger partial charge in [0.1, 0.15) is 18.5 Å². The molecule has 1 unspecified atom stereocenters. The fourth-order valence-electron chi connectivity index (χ4n) is 2.29. The van der Waals surface area contributed by atoms with E-state index >= 15 is 0 Å². The van der Waals surface area contributed by atoms with Gasteiger partial charge in [-0.2, -0.15) is 0 Å². The van der Waals surface area contributed by atoms with Crippen LogP contribution in [0.4, 0.5) is 0 Å². The molecule has 24 heavy (non-hydrogen) atoms. The maximum absolute atomic E-state index is 11.8. The lowest BCUT2D eigenvalue weighted by Crippen LogP contribution is -2.30. The topological polar surface area (TPSA) is 102 Å². The fourth-order valence-corrected chi connectivity index (χ4v) is 4.98. The van der Waals surface area contributed by atoms with Crippen molar-refractivity contribution in [3.63, 3.8) is 0 Å². The average molecular weight is 371 g/mol. The summed E-state index contributed by atoms with van der Waals surface area (Å²) in [6.45, 7) is 1.24. The molecule has 0 saturated carbocycles. The van der Waals surface area contributed by atoms with Crippen molar-refractivity contribution in [2.24, 2.45) is 0 Å². The first-order valence-corrected chi connectivity index (χ1v) is 10.7. The lowest BCUT2D eigenvalue weighted by atomic mass is 10.1. The van der Waals surface area contributed by atoms with Gasteiger partial charge < -0.3 is 9.47 Å². The summed E-state index contributed by atoms with van der Waals surface area (Å²) >= 11 is 0. The standard InChI is InChI=1S/C15H17NO6S2/c1-23(17,18)16-24(19,20)10-11-2-3-13-7-14(5-4-12(13)6-11)21-8-15-9-22-15/h2-7,15-16H,8-10H2,1H3. The Morgan fingerprint density at radius 2 is 1.79 bits per heavy atom. The molecule has 2 aromatic rings. The first-order chi connectivity index (χ1) is 11.2. The smallest absolute Gasteiger partial charge is 0.228 e. The zero-order valence-electron chi connectivity index (χ0n) is 12.9. The molecule has 0 radical (unpaired) electrons. The second-order valence-electron chi connectivity index (χ2n) is 5.72. The monoisotopic (exact) mass is 371 g/mol. The van der Waals surface area contributed by atoms with Crippen molar-refractivity contribution in [1.29, 1.82) is 0 Å². The predicted octanol–water partition coefficient (Wildman–Crippen LogP) is 0.996. The van der Waals surface area contributed by atoms with Crippen molar-refractivity contribution in [2.75, 3.05) is 19.5 Å². The summed E-state index contributed by atoms with van der Waals surface area (Å²) in [6.07, 6.45) is 0.981. The van der Waals surface area contributed by atoms with E-state index in [9.17, 15) is 16.8 Å². The van der Waals surface area contributed by atoms with Gasteiger partial charge in [-0.25, -0.2) is 16.8 Å². The quantitative estimate of drug-likeness (QED) is 0.729. The minimum Gasteiger partial charge on any atom is -0.491 e. The zero-order valence-corrected chi connectivity index (χ0v) is 14.6. The van der Waals surface area contributed by atoms with Gasteiger partial charge in [0.2, 0.25) is 20.0 Å². The van der Waals surface area contributed by atoms with Gasteiger partial charge in [-0.15, -0.1) is 4.13 Å². The van der Waals surface area contributed by atoms with Crippen molar-refractivity contribution in [3.05, 3.63) is 42.0 Å². The van der Waals surface area contributed by atoms with Gasteiger partial charge in [-0.1, -0.05) is 24.3 Å². The van der Waals surface area contributed by atoms with Crippen LogP contribution in [0.3, 0.4) is 0 Å². The summed E-state index contributed by atoms with van der Waals surface area (Å²) in [4.78, 5) is 0. The number of hydrogen-bond donors (Lipinski definition) is 1. The van der Waals surface area contributed by atoms with Gasteiger partial charge >= 0.3 is 0 Å². The number of sulfonamides is 2. The lowest BCUT2D eigenvalue weighted by molar-refractivity contribution is 0.263.